The molecule has 0 saturated heterocycles. The van der Waals surface area contributed by atoms with Crippen LogP contribution >= 0.6 is 0 Å². The Morgan fingerprint density at radius 3 is 2.68 bits per heavy atom. The number of aliphatic imine (C=N–C) groups is 1. The van der Waals surface area contributed by atoms with Crippen LogP contribution in [0.5, 0.6) is 0 Å². The van der Waals surface area contributed by atoms with Gasteiger partial charge in [-0.3, -0.25) is 0 Å². The van der Waals surface area contributed by atoms with E-state index in [-0.39, 0.29) is 20.1 Å². The first-order valence-corrected chi connectivity index (χ1v) is 6.18. The maximum Gasteiger partial charge on any atom is 0.0465 e. The van der Waals surface area contributed by atoms with Crippen LogP contribution in [0.15, 0.2) is 53.5 Å². The van der Waals surface area contributed by atoms with Gasteiger partial charge >= 0.3 is 0 Å². The molecule has 0 atom stereocenters. The van der Waals surface area contributed by atoms with Crippen LogP contribution in [-0.2, 0) is 20.1 Å². The quantitative estimate of drug-likeness (QED) is 0.639. The fourth-order valence-electron chi connectivity index (χ4n) is 2.30. The SMILES string of the molecule is CN1CCN=C(c2[c-]cccc2)c2ccccc21.[Ir]. The van der Waals surface area contributed by atoms with Crippen molar-refractivity contribution >= 4 is 11.4 Å². The monoisotopic (exact) mass is 428 g/mol. The molecule has 0 aromatic heterocycles. The number of anilines is 1. The molecule has 0 N–H and O–H groups in total. The van der Waals surface area contributed by atoms with Crippen molar-refractivity contribution in [2.45, 2.75) is 0 Å². The predicted octanol–water partition coefficient (Wildman–Crippen LogP) is 2.77. The molecule has 1 radical (unpaired) electrons. The van der Waals surface area contributed by atoms with Crippen LogP contribution in [0.2, 0.25) is 0 Å². The standard InChI is InChI=1S/C16H15N2.Ir/c1-18-12-11-17-16(13-7-3-2-4-8-13)14-9-5-6-10-15(14)18;/h2-7,9-10H,11-12H2,1H3;/q-1;. The van der Waals surface area contributed by atoms with Crippen molar-refractivity contribution in [1.82, 2.24) is 0 Å². The van der Waals surface area contributed by atoms with E-state index in [0.29, 0.717) is 0 Å². The number of rotatable bonds is 1. The summed E-state index contributed by atoms with van der Waals surface area (Å²) in [6.07, 6.45) is 0. The minimum atomic E-state index is 0. The Bertz CT molecular complexity index is 578. The minimum Gasteiger partial charge on any atom is -0.373 e. The van der Waals surface area contributed by atoms with E-state index in [9.17, 15) is 0 Å². The molecule has 0 amide bonds. The number of benzodiazepines with no additional fused rings is 1. The van der Waals surface area contributed by atoms with E-state index in [2.05, 4.69) is 48.3 Å². The van der Waals surface area contributed by atoms with E-state index in [0.717, 1.165) is 24.4 Å². The number of hydrogen-bond acceptors (Lipinski definition) is 2. The summed E-state index contributed by atoms with van der Waals surface area (Å²) < 4.78 is 0. The molecule has 1 aliphatic rings. The number of hydrogen-bond donors (Lipinski definition) is 0. The molecular weight excluding hydrogens is 412 g/mol. The first kappa shape index (κ1) is 14.0. The van der Waals surface area contributed by atoms with Gasteiger partial charge in [0.25, 0.3) is 0 Å². The molecular formula is C16H15IrN2-. The van der Waals surface area contributed by atoms with Crippen LogP contribution in [0.1, 0.15) is 11.1 Å². The summed E-state index contributed by atoms with van der Waals surface area (Å²) in [6, 6.07) is 19.7. The van der Waals surface area contributed by atoms with Crippen LogP contribution in [0, 0.1) is 6.07 Å². The Hall–Kier alpha value is -1.44. The number of fused-ring (bicyclic) bond motifs is 1. The zero-order valence-electron chi connectivity index (χ0n) is 10.8. The van der Waals surface area contributed by atoms with Crippen molar-refractivity contribution in [3.63, 3.8) is 0 Å². The van der Waals surface area contributed by atoms with Crippen molar-refractivity contribution in [3.05, 3.63) is 65.7 Å². The van der Waals surface area contributed by atoms with Gasteiger partial charge in [-0.25, -0.2) is 0 Å². The molecule has 3 rings (SSSR count). The van der Waals surface area contributed by atoms with E-state index in [1.54, 1.807) is 0 Å². The second kappa shape index (κ2) is 6.14. The van der Waals surface area contributed by atoms with Gasteiger partial charge < -0.3 is 9.89 Å². The maximum atomic E-state index is 4.73. The Morgan fingerprint density at radius 1 is 1.11 bits per heavy atom. The Kier molecular flexibility index (Phi) is 4.51. The van der Waals surface area contributed by atoms with Crippen LogP contribution in [0.3, 0.4) is 0 Å². The molecule has 2 nitrogen and oxygen atoms in total. The molecule has 99 valence electrons. The van der Waals surface area contributed by atoms with Gasteiger partial charge in [0.1, 0.15) is 0 Å². The van der Waals surface area contributed by atoms with Gasteiger partial charge in [-0.15, -0.1) is 35.9 Å². The Labute approximate surface area is 127 Å². The molecule has 2 aromatic carbocycles. The summed E-state index contributed by atoms with van der Waals surface area (Å²) in [5.74, 6) is 0. The number of likely N-dealkylation sites (N-methyl/N-ethyl adjacent to an activating group) is 1. The summed E-state index contributed by atoms with van der Waals surface area (Å²) in [5.41, 5.74) is 4.56. The third-order valence-electron chi connectivity index (χ3n) is 3.24. The smallest absolute Gasteiger partial charge is 0.0465 e. The van der Waals surface area contributed by atoms with Crippen molar-refractivity contribution < 1.29 is 20.1 Å². The maximum absolute atomic E-state index is 4.73. The van der Waals surface area contributed by atoms with E-state index >= 15 is 0 Å². The van der Waals surface area contributed by atoms with Crippen LogP contribution in [-0.4, -0.2) is 25.8 Å². The molecule has 0 unspecified atom stereocenters. The normalized spacial score (nSPS) is 13.9. The average molecular weight is 428 g/mol. The second-order valence-corrected chi connectivity index (χ2v) is 4.45. The Balaban J connectivity index is 0.00000133. The van der Waals surface area contributed by atoms with Crippen LogP contribution < -0.4 is 4.90 Å². The zero-order valence-corrected chi connectivity index (χ0v) is 13.2. The molecule has 19 heavy (non-hydrogen) atoms. The number of benzene rings is 2. The fraction of sp³-hybridized carbons (Fsp3) is 0.188. The van der Waals surface area contributed by atoms with E-state index < -0.39 is 0 Å². The minimum absolute atomic E-state index is 0. The van der Waals surface area contributed by atoms with Crippen molar-refractivity contribution in [1.29, 1.82) is 0 Å². The third kappa shape index (κ3) is 2.78. The van der Waals surface area contributed by atoms with Gasteiger partial charge in [0.2, 0.25) is 0 Å². The summed E-state index contributed by atoms with van der Waals surface area (Å²) in [7, 11) is 2.12. The Morgan fingerprint density at radius 2 is 1.89 bits per heavy atom. The molecule has 2 aromatic rings. The number of nitrogens with zero attached hydrogens (tertiary/aromatic N) is 2. The fourth-order valence-corrected chi connectivity index (χ4v) is 2.30. The molecule has 0 saturated carbocycles. The van der Waals surface area contributed by atoms with Gasteiger partial charge in [0.05, 0.1) is 0 Å². The summed E-state index contributed by atoms with van der Waals surface area (Å²) in [5, 5.41) is 0. The van der Waals surface area contributed by atoms with Crippen LogP contribution in [0.4, 0.5) is 5.69 Å². The summed E-state index contributed by atoms with van der Waals surface area (Å²) >= 11 is 0. The topological polar surface area (TPSA) is 15.6 Å². The average Bonchev–Trinajstić information content (AvgIpc) is 2.60. The van der Waals surface area contributed by atoms with Gasteiger partial charge in [0, 0.05) is 45.9 Å². The summed E-state index contributed by atoms with van der Waals surface area (Å²) in [4.78, 5) is 6.99. The molecule has 1 aliphatic heterocycles. The van der Waals surface area contributed by atoms with Crippen molar-refractivity contribution in [3.8, 4) is 0 Å². The second-order valence-electron chi connectivity index (χ2n) is 4.45. The van der Waals surface area contributed by atoms with Crippen molar-refractivity contribution in [2.24, 2.45) is 4.99 Å². The molecule has 0 aliphatic carbocycles. The molecule has 0 spiro atoms. The third-order valence-corrected chi connectivity index (χ3v) is 3.24. The molecule has 3 heteroatoms. The van der Waals surface area contributed by atoms with Gasteiger partial charge in [0.15, 0.2) is 0 Å². The van der Waals surface area contributed by atoms with Crippen LogP contribution in [0.25, 0.3) is 0 Å². The first-order chi connectivity index (χ1) is 8.86. The number of para-hydroxylation sites is 1. The van der Waals surface area contributed by atoms with E-state index in [4.69, 9.17) is 4.99 Å². The summed E-state index contributed by atoms with van der Waals surface area (Å²) in [6.45, 7) is 1.77. The van der Waals surface area contributed by atoms with E-state index in [1.165, 1.54) is 11.3 Å². The van der Waals surface area contributed by atoms with Gasteiger partial charge in [-0.2, -0.15) is 0 Å². The van der Waals surface area contributed by atoms with Gasteiger partial charge in [-0.1, -0.05) is 18.2 Å². The first-order valence-electron chi connectivity index (χ1n) is 6.18. The predicted molar refractivity (Wildman–Crippen MR) is 75.5 cm³/mol. The molecule has 0 fully saturated rings. The molecule has 0 bridgehead atoms. The van der Waals surface area contributed by atoms with E-state index in [1.807, 2.05) is 18.2 Å². The molecule has 1 heterocycles. The van der Waals surface area contributed by atoms with Crippen molar-refractivity contribution in [2.75, 3.05) is 25.0 Å². The zero-order chi connectivity index (χ0) is 12.4. The van der Waals surface area contributed by atoms with Gasteiger partial charge in [-0.05, 0) is 17.3 Å². The largest absolute Gasteiger partial charge is 0.373 e.